The number of nitrogens with zero attached hydrogens (tertiary/aromatic N) is 2. The summed E-state index contributed by atoms with van der Waals surface area (Å²) in [6.07, 6.45) is 1.86. The summed E-state index contributed by atoms with van der Waals surface area (Å²) in [5.74, 6) is 1.60. The van der Waals surface area contributed by atoms with Crippen molar-refractivity contribution in [3.05, 3.63) is 46.7 Å². The summed E-state index contributed by atoms with van der Waals surface area (Å²) in [4.78, 5) is 21.0. The van der Waals surface area contributed by atoms with Gasteiger partial charge in [-0.15, -0.1) is 11.3 Å². The lowest BCUT2D eigenvalue weighted by atomic mass is 9.77. The number of thiazole rings is 1. The van der Waals surface area contributed by atoms with Crippen molar-refractivity contribution in [1.82, 2.24) is 9.97 Å². The maximum atomic E-state index is 13.0. The molecule has 0 aliphatic heterocycles. The van der Waals surface area contributed by atoms with Gasteiger partial charge in [-0.2, -0.15) is 13.2 Å². The van der Waals surface area contributed by atoms with E-state index < -0.39 is 17.6 Å². The van der Waals surface area contributed by atoms with E-state index >= 15 is 0 Å². The highest BCUT2D eigenvalue weighted by Gasteiger charge is 2.32. The Morgan fingerprint density at radius 1 is 1.15 bits per heavy atom. The first-order valence-electron chi connectivity index (χ1n) is 11.0. The molecule has 0 unspecified atom stereocenters. The number of anilines is 1. The number of aromatic nitrogens is 2. The van der Waals surface area contributed by atoms with Gasteiger partial charge in [0, 0.05) is 24.4 Å². The molecule has 2 aromatic heterocycles. The monoisotopic (exact) mass is 477 g/mol. The average molecular weight is 478 g/mol. The standard InChI is InChI=1S/C24H26F3N3O2S/c1-13(2)14-4-6-15(7-5-14)23-30-19-9-20(32-3)18(10-21(19)33-23)29-22(31)16-8-17(12-28-11-16)24(25,26)27/h8-15H,4-7H2,1-3H3,(H,29,31). The summed E-state index contributed by atoms with van der Waals surface area (Å²) in [5, 5.41) is 3.75. The van der Waals surface area contributed by atoms with Gasteiger partial charge in [-0.05, 0) is 49.7 Å². The summed E-state index contributed by atoms with van der Waals surface area (Å²) in [5.41, 5.74) is 0.0124. The van der Waals surface area contributed by atoms with E-state index in [1.54, 1.807) is 23.5 Å². The van der Waals surface area contributed by atoms with E-state index in [2.05, 4.69) is 24.1 Å². The van der Waals surface area contributed by atoms with Gasteiger partial charge in [0.05, 0.1) is 39.1 Å². The number of amides is 1. The highest BCUT2D eigenvalue weighted by atomic mass is 32.1. The number of halogens is 3. The van der Waals surface area contributed by atoms with E-state index in [9.17, 15) is 18.0 Å². The van der Waals surface area contributed by atoms with Crippen LogP contribution in [0, 0.1) is 11.8 Å². The molecule has 5 nitrogen and oxygen atoms in total. The molecular formula is C24H26F3N3O2S. The number of nitrogens with one attached hydrogen (secondary N) is 1. The van der Waals surface area contributed by atoms with Crippen LogP contribution in [-0.2, 0) is 6.18 Å². The molecule has 3 aromatic rings. The van der Waals surface area contributed by atoms with Crippen LogP contribution < -0.4 is 10.1 Å². The second-order valence-corrected chi connectivity index (χ2v) is 9.90. The van der Waals surface area contributed by atoms with Crippen LogP contribution in [0.2, 0.25) is 0 Å². The zero-order valence-corrected chi connectivity index (χ0v) is 19.5. The third-order valence-electron chi connectivity index (χ3n) is 6.37. The Morgan fingerprint density at radius 3 is 2.52 bits per heavy atom. The number of methoxy groups -OCH3 is 1. The number of alkyl halides is 3. The summed E-state index contributed by atoms with van der Waals surface area (Å²) in [7, 11) is 1.48. The van der Waals surface area contributed by atoms with Gasteiger partial charge in [0.2, 0.25) is 0 Å². The van der Waals surface area contributed by atoms with Crippen molar-refractivity contribution in [1.29, 1.82) is 0 Å². The van der Waals surface area contributed by atoms with Crippen molar-refractivity contribution < 1.29 is 22.7 Å². The number of hydrogen-bond donors (Lipinski definition) is 1. The van der Waals surface area contributed by atoms with Crippen LogP contribution in [0.3, 0.4) is 0 Å². The normalized spacial score (nSPS) is 19.1. The summed E-state index contributed by atoms with van der Waals surface area (Å²) in [6, 6.07) is 4.31. The summed E-state index contributed by atoms with van der Waals surface area (Å²) < 4.78 is 45.2. The van der Waals surface area contributed by atoms with E-state index in [4.69, 9.17) is 9.72 Å². The molecule has 0 spiro atoms. The molecule has 1 N–H and O–H groups in total. The van der Waals surface area contributed by atoms with Crippen LogP contribution in [-0.4, -0.2) is 23.0 Å². The van der Waals surface area contributed by atoms with Gasteiger partial charge in [-0.25, -0.2) is 4.98 Å². The summed E-state index contributed by atoms with van der Waals surface area (Å²) in [6.45, 7) is 4.56. The molecule has 0 saturated heterocycles. The zero-order valence-electron chi connectivity index (χ0n) is 18.7. The molecule has 176 valence electrons. The molecule has 1 saturated carbocycles. The molecular weight excluding hydrogens is 451 g/mol. The van der Waals surface area contributed by atoms with Gasteiger partial charge in [-0.3, -0.25) is 9.78 Å². The molecule has 4 rings (SSSR count). The largest absolute Gasteiger partial charge is 0.494 e. The van der Waals surface area contributed by atoms with Crippen molar-refractivity contribution in [3.63, 3.8) is 0 Å². The molecule has 2 heterocycles. The highest BCUT2D eigenvalue weighted by Crippen LogP contribution is 2.42. The molecule has 0 bridgehead atoms. The van der Waals surface area contributed by atoms with Crippen LogP contribution >= 0.6 is 11.3 Å². The Bertz CT molecular complexity index is 1150. The fraction of sp³-hybridized carbons (Fsp3) is 0.458. The lowest BCUT2D eigenvalue weighted by Crippen LogP contribution is -2.17. The number of hydrogen-bond acceptors (Lipinski definition) is 5. The molecule has 0 atom stereocenters. The average Bonchev–Trinajstić information content (AvgIpc) is 3.21. The van der Waals surface area contributed by atoms with Gasteiger partial charge in [-0.1, -0.05) is 13.8 Å². The Labute approximate surface area is 194 Å². The Hall–Kier alpha value is -2.68. The second-order valence-electron chi connectivity index (χ2n) is 8.84. The lowest BCUT2D eigenvalue weighted by Gasteiger charge is -2.29. The van der Waals surface area contributed by atoms with Crippen LogP contribution in [0.15, 0.2) is 30.6 Å². The third kappa shape index (κ3) is 5.13. The maximum Gasteiger partial charge on any atom is 0.417 e. The van der Waals surface area contributed by atoms with E-state index in [0.29, 0.717) is 29.5 Å². The number of benzene rings is 1. The minimum atomic E-state index is -4.58. The first-order chi connectivity index (χ1) is 15.7. The number of pyridine rings is 1. The number of carbonyl (C=O) groups is 1. The van der Waals surface area contributed by atoms with Crippen molar-refractivity contribution in [3.8, 4) is 5.75 Å². The zero-order chi connectivity index (χ0) is 23.8. The Kier molecular flexibility index (Phi) is 6.61. The number of ether oxygens (including phenoxy) is 1. The Morgan fingerprint density at radius 2 is 1.88 bits per heavy atom. The number of carbonyl (C=O) groups excluding carboxylic acids is 1. The van der Waals surface area contributed by atoms with E-state index in [0.717, 1.165) is 46.2 Å². The Balaban J connectivity index is 1.56. The fourth-order valence-corrected chi connectivity index (χ4v) is 5.52. The topological polar surface area (TPSA) is 64.1 Å². The lowest BCUT2D eigenvalue weighted by molar-refractivity contribution is -0.137. The van der Waals surface area contributed by atoms with Gasteiger partial charge >= 0.3 is 6.18 Å². The molecule has 9 heteroatoms. The van der Waals surface area contributed by atoms with E-state index in [1.165, 1.54) is 20.0 Å². The number of rotatable bonds is 5. The molecule has 1 amide bonds. The van der Waals surface area contributed by atoms with Crippen molar-refractivity contribution in [2.75, 3.05) is 12.4 Å². The third-order valence-corrected chi connectivity index (χ3v) is 7.55. The predicted octanol–water partition coefficient (Wildman–Crippen LogP) is 6.90. The maximum absolute atomic E-state index is 13.0. The predicted molar refractivity (Wildman–Crippen MR) is 123 cm³/mol. The van der Waals surface area contributed by atoms with E-state index in [-0.39, 0.29) is 5.56 Å². The minimum Gasteiger partial charge on any atom is -0.494 e. The fourth-order valence-electron chi connectivity index (χ4n) is 4.36. The first kappa shape index (κ1) is 23.5. The van der Waals surface area contributed by atoms with Crippen molar-refractivity contribution in [2.45, 2.75) is 51.6 Å². The quantitative estimate of drug-likeness (QED) is 0.434. The molecule has 1 aliphatic carbocycles. The smallest absolute Gasteiger partial charge is 0.417 e. The van der Waals surface area contributed by atoms with Crippen LogP contribution in [0.1, 0.15) is 66.4 Å². The summed E-state index contributed by atoms with van der Waals surface area (Å²) >= 11 is 1.60. The van der Waals surface area contributed by atoms with Crippen LogP contribution in [0.4, 0.5) is 18.9 Å². The SMILES string of the molecule is COc1cc2nc(C3CCC(C(C)C)CC3)sc2cc1NC(=O)c1cncc(C(F)(F)F)c1. The van der Waals surface area contributed by atoms with E-state index in [1.807, 2.05) is 0 Å². The van der Waals surface area contributed by atoms with Crippen LogP contribution in [0.5, 0.6) is 5.75 Å². The molecule has 1 fully saturated rings. The van der Waals surface area contributed by atoms with Gasteiger partial charge < -0.3 is 10.1 Å². The van der Waals surface area contributed by atoms with Gasteiger partial charge in [0.1, 0.15) is 5.75 Å². The minimum absolute atomic E-state index is 0.182. The first-order valence-corrected chi connectivity index (χ1v) is 11.8. The second kappa shape index (κ2) is 9.29. The van der Waals surface area contributed by atoms with Crippen LogP contribution in [0.25, 0.3) is 10.2 Å². The molecule has 1 aliphatic rings. The van der Waals surface area contributed by atoms with Crippen molar-refractivity contribution in [2.24, 2.45) is 11.8 Å². The molecule has 1 aromatic carbocycles. The van der Waals surface area contributed by atoms with Crippen molar-refractivity contribution >= 4 is 33.1 Å². The van der Waals surface area contributed by atoms with Gasteiger partial charge in [0.25, 0.3) is 5.91 Å². The molecule has 0 radical (unpaired) electrons. The number of fused-ring (bicyclic) bond motifs is 1. The van der Waals surface area contributed by atoms with Gasteiger partial charge in [0.15, 0.2) is 0 Å². The molecule has 33 heavy (non-hydrogen) atoms. The highest BCUT2D eigenvalue weighted by molar-refractivity contribution is 7.18.